The lowest BCUT2D eigenvalue weighted by molar-refractivity contribution is 0.523. The predicted molar refractivity (Wildman–Crippen MR) is 184 cm³/mol. The summed E-state index contributed by atoms with van der Waals surface area (Å²) in [7, 11) is 0. The SMILES string of the molecule is C1=NC(c2ccccc2)NCC1c1ccc(-n2c3ccccc3c3cc(N(c4ccccc4)c4ccccc4)ccc32)cc1. The highest BCUT2D eigenvalue weighted by Crippen LogP contribution is 2.39. The summed E-state index contributed by atoms with van der Waals surface area (Å²) < 4.78 is 2.38. The van der Waals surface area contributed by atoms with Gasteiger partial charge in [0.25, 0.3) is 0 Å². The summed E-state index contributed by atoms with van der Waals surface area (Å²) in [6.45, 7) is 0.861. The molecule has 4 heteroatoms. The number of aromatic nitrogens is 1. The smallest absolute Gasteiger partial charge is 0.125 e. The van der Waals surface area contributed by atoms with Crippen LogP contribution in [0, 0.1) is 0 Å². The van der Waals surface area contributed by atoms with Gasteiger partial charge < -0.3 is 9.47 Å². The van der Waals surface area contributed by atoms with E-state index in [4.69, 9.17) is 4.99 Å². The van der Waals surface area contributed by atoms with Gasteiger partial charge in [0.15, 0.2) is 0 Å². The molecule has 6 aromatic carbocycles. The van der Waals surface area contributed by atoms with Crippen molar-refractivity contribution < 1.29 is 0 Å². The van der Waals surface area contributed by atoms with Crippen LogP contribution >= 0.6 is 0 Å². The number of fused-ring (bicyclic) bond motifs is 3. The lowest BCUT2D eigenvalue weighted by Crippen LogP contribution is -2.30. The van der Waals surface area contributed by atoms with Crippen molar-refractivity contribution in [1.82, 2.24) is 9.88 Å². The summed E-state index contributed by atoms with van der Waals surface area (Å²) in [6.07, 6.45) is 2.13. The Labute approximate surface area is 257 Å². The van der Waals surface area contributed by atoms with Crippen LogP contribution in [0.2, 0.25) is 0 Å². The monoisotopic (exact) mass is 568 g/mol. The second-order valence-corrected chi connectivity index (χ2v) is 11.3. The highest BCUT2D eigenvalue weighted by atomic mass is 15.1. The van der Waals surface area contributed by atoms with E-state index in [0.29, 0.717) is 0 Å². The molecule has 0 saturated heterocycles. The van der Waals surface area contributed by atoms with E-state index in [1.807, 2.05) is 6.07 Å². The molecule has 8 rings (SSSR count). The Balaban J connectivity index is 1.17. The molecule has 0 aliphatic carbocycles. The van der Waals surface area contributed by atoms with Crippen LogP contribution in [0.15, 0.2) is 163 Å². The van der Waals surface area contributed by atoms with Crippen molar-refractivity contribution in [1.29, 1.82) is 0 Å². The predicted octanol–water partition coefficient (Wildman–Crippen LogP) is 9.71. The quantitative estimate of drug-likeness (QED) is 0.217. The second-order valence-electron chi connectivity index (χ2n) is 11.3. The van der Waals surface area contributed by atoms with Gasteiger partial charge in [0, 0.05) is 52.2 Å². The molecule has 4 nitrogen and oxygen atoms in total. The van der Waals surface area contributed by atoms with Crippen molar-refractivity contribution in [3.8, 4) is 5.69 Å². The first-order valence-electron chi connectivity index (χ1n) is 15.2. The first-order valence-corrected chi connectivity index (χ1v) is 15.2. The summed E-state index contributed by atoms with van der Waals surface area (Å²) in [5.74, 6) is 0.242. The van der Waals surface area contributed by atoms with Crippen LogP contribution in [0.4, 0.5) is 17.1 Å². The van der Waals surface area contributed by atoms with E-state index < -0.39 is 0 Å². The fourth-order valence-corrected chi connectivity index (χ4v) is 6.43. The van der Waals surface area contributed by atoms with Gasteiger partial charge in [-0.3, -0.25) is 10.3 Å². The van der Waals surface area contributed by atoms with Crippen molar-refractivity contribution in [2.24, 2.45) is 4.99 Å². The number of nitrogens with one attached hydrogen (secondary N) is 1. The van der Waals surface area contributed by atoms with Crippen molar-refractivity contribution >= 4 is 45.1 Å². The lowest BCUT2D eigenvalue weighted by atomic mass is 9.98. The van der Waals surface area contributed by atoms with Crippen LogP contribution < -0.4 is 10.2 Å². The molecule has 1 aromatic heterocycles. The number of hydrogen-bond donors (Lipinski definition) is 1. The Morgan fingerprint density at radius 3 is 1.82 bits per heavy atom. The van der Waals surface area contributed by atoms with Gasteiger partial charge in [-0.2, -0.15) is 0 Å². The minimum Gasteiger partial charge on any atom is -0.310 e. The number of nitrogens with zero attached hydrogens (tertiary/aromatic N) is 3. The van der Waals surface area contributed by atoms with Crippen molar-refractivity contribution in [3.05, 3.63) is 169 Å². The largest absolute Gasteiger partial charge is 0.310 e. The summed E-state index contributed by atoms with van der Waals surface area (Å²) in [6, 6.07) is 56.1. The van der Waals surface area contributed by atoms with Gasteiger partial charge in [-0.15, -0.1) is 0 Å². The van der Waals surface area contributed by atoms with Crippen molar-refractivity contribution in [2.45, 2.75) is 12.1 Å². The van der Waals surface area contributed by atoms with Crippen LogP contribution in [0.5, 0.6) is 0 Å². The van der Waals surface area contributed by atoms with Gasteiger partial charge >= 0.3 is 0 Å². The third kappa shape index (κ3) is 4.76. The van der Waals surface area contributed by atoms with Crippen LogP contribution in [-0.2, 0) is 0 Å². The summed E-state index contributed by atoms with van der Waals surface area (Å²) in [5, 5.41) is 6.08. The number of para-hydroxylation sites is 3. The molecule has 2 heterocycles. The highest BCUT2D eigenvalue weighted by molar-refractivity contribution is 6.10. The maximum absolute atomic E-state index is 4.83. The van der Waals surface area contributed by atoms with Gasteiger partial charge in [-0.1, -0.05) is 97.1 Å². The van der Waals surface area contributed by atoms with Crippen LogP contribution in [0.25, 0.3) is 27.5 Å². The Kier molecular flexibility index (Phi) is 6.74. The van der Waals surface area contributed by atoms with Crippen molar-refractivity contribution in [3.63, 3.8) is 0 Å². The fourth-order valence-electron chi connectivity index (χ4n) is 6.43. The van der Waals surface area contributed by atoms with Crippen LogP contribution in [-0.4, -0.2) is 17.3 Å². The summed E-state index contributed by atoms with van der Waals surface area (Å²) in [5.41, 5.74) is 9.40. The second kappa shape index (κ2) is 11.3. The number of rotatable bonds is 6. The number of benzene rings is 6. The Hall–Kier alpha value is -5.45. The highest BCUT2D eigenvalue weighted by Gasteiger charge is 2.20. The normalized spacial score (nSPS) is 16.4. The average Bonchev–Trinajstić information content (AvgIpc) is 3.44. The number of aliphatic imine (C=N–C) groups is 1. The molecule has 1 N–H and O–H groups in total. The van der Waals surface area contributed by atoms with E-state index in [2.05, 4.69) is 173 Å². The van der Waals surface area contributed by atoms with E-state index in [1.165, 1.54) is 32.9 Å². The zero-order chi connectivity index (χ0) is 29.3. The molecule has 1 aliphatic rings. The average molecular weight is 569 g/mol. The lowest BCUT2D eigenvalue weighted by Gasteiger charge is -2.25. The molecule has 1 aliphatic heterocycles. The molecule has 0 spiro atoms. The summed E-state index contributed by atoms with van der Waals surface area (Å²) >= 11 is 0. The van der Waals surface area contributed by atoms with E-state index >= 15 is 0 Å². The first kappa shape index (κ1) is 26.2. The maximum Gasteiger partial charge on any atom is 0.125 e. The van der Waals surface area contributed by atoms with Gasteiger partial charge in [0.05, 0.1) is 11.0 Å². The Bertz CT molecular complexity index is 2020. The molecule has 0 fully saturated rings. The van der Waals surface area contributed by atoms with E-state index in [-0.39, 0.29) is 12.1 Å². The van der Waals surface area contributed by atoms with Crippen molar-refractivity contribution in [2.75, 3.05) is 11.4 Å². The van der Waals surface area contributed by atoms with E-state index in [0.717, 1.165) is 29.3 Å². The minimum atomic E-state index is 0.0222. The zero-order valence-electron chi connectivity index (χ0n) is 24.3. The fraction of sp³-hybridized carbons (Fsp3) is 0.0750. The molecule has 7 aromatic rings. The molecular weight excluding hydrogens is 536 g/mol. The first-order chi connectivity index (χ1) is 21.8. The van der Waals surface area contributed by atoms with Crippen LogP contribution in [0.3, 0.4) is 0 Å². The van der Waals surface area contributed by atoms with Gasteiger partial charge in [0.2, 0.25) is 0 Å². The maximum atomic E-state index is 4.83. The molecule has 0 saturated carbocycles. The molecule has 212 valence electrons. The number of anilines is 3. The minimum absolute atomic E-state index is 0.0222. The third-order valence-corrected chi connectivity index (χ3v) is 8.58. The molecular formula is C40H32N4. The topological polar surface area (TPSA) is 32.6 Å². The van der Waals surface area contributed by atoms with E-state index in [1.54, 1.807) is 0 Å². The van der Waals surface area contributed by atoms with Gasteiger partial charge in [-0.05, 0) is 71.8 Å². The zero-order valence-corrected chi connectivity index (χ0v) is 24.3. The Morgan fingerprint density at radius 1 is 0.545 bits per heavy atom. The number of hydrogen-bond acceptors (Lipinski definition) is 3. The third-order valence-electron chi connectivity index (χ3n) is 8.58. The van der Waals surface area contributed by atoms with Crippen LogP contribution in [0.1, 0.15) is 23.2 Å². The molecule has 2 atom stereocenters. The molecule has 0 amide bonds. The molecule has 44 heavy (non-hydrogen) atoms. The molecule has 0 radical (unpaired) electrons. The van der Waals surface area contributed by atoms with Gasteiger partial charge in [-0.25, -0.2) is 0 Å². The molecule has 0 bridgehead atoms. The van der Waals surface area contributed by atoms with Gasteiger partial charge in [0.1, 0.15) is 6.17 Å². The Morgan fingerprint density at radius 2 is 1.16 bits per heavy atom. The summed E-state index contributed by atoms with van der Waals surface area (Å²) in [4.78, 5) is 7.15. The standard InChI is InChI=1S/C40H32N4/c1-4-12-30(13-5-1)40-41-27-31(28-42-40)29-20-22-34(23-21-29)44-38-19-11-10-18-36(38)37-26-35(24-25-39(37)44)43(32-14-6-2-7-15-32)33-16-8-3-9-17-33/h1-27,31,40,42H,28H2. The van der Waals surface area contributed by atoms with E-state index in [9.17, 15) is 0 Å². The molecule has 2 unspecified atom stereocenters.